The monoisotopic (exact) mass is 295 g/mol. The maximum atomic E-state index is 9.13. The fourth-order valence-corrected chi connectivity index (χ4v) is 2.29. The van der Waals surface area contributed by atoms with Crippen LogP contribution in [0.3, 0.4) is 0 Å². The van der Waals surface area contributed by atoms with Crippen molar-refractivity contribution in [2.24, 2.45) is 0 Å². The molecule has 21 heavy (non-hydrogen) atoms. The third-order valence-corrected chi connectivity index (χ3v) is 3.36. The van der Waals surface area contributed by atoms with Crippen LogP contribution >= 0.6 is 11.6 Å². The van der Waals surface area contributed by atoms with Crippen molar-refractivity contribution in [3.63, 3.8) is 0 Å². The number of hydrogen-bond donors (Lipinski definition) is 1. The number of nitriles is 1. The minimum atomic E-state index is 0.221. The number of ether oxygens (including phenoxy) is 1. The van der Waals surface area contributed by atoms with Crippen LogP contribution in [-0.4, -0.2) is 4.98 Å². The second-order valence-corrected chi connectivity index (χ2v) is 4.83. The van der Waals surface area contributed by atoms with E-state index in [4.69, 9.17) is 27.3 Å². The predicted molar refractivity (Wildman–Crippen MR) is 82.4 cm³/mol. The van der Waals surface area contributed by atoms with Crippen molar-refractivity contribution in [2.45, 2.75) is 0 Å². The minimum Gasteiger partial charge on any atom is -0.437 e. The van der Waals surface area contributed by atoms with Crippen LogP contribution in [-0.2, 0) is 0 Å². The molecule has 102 valence electrons. The molecule has 0 amide bonds. The third kappa shape index (κ3) is 2.47. The first-order valence-corrected chi connectivity index (χ1v) is 6.57. The van der Waals surface area contributed by atoms with Crippen LogP contribution in [0.1, 0.15) is 5.56 Å². The van der Waals surface area contributed by atoms with E-state index in [1.807, 2.05) is 30.3 Å². The summed E-state index contributed by atoms with van der Waals surface area (Å²) in [5.74, 6) is 0.808. The molecule has 0 spiro atoms. The maximum Gasteiger partial charge on any atom is 0.237 e. The van der Waals surface area contributed by atoms with Gasteiger partial charge in [0.2, 0.25) is 5.88 Å². The molecule has 5 heteroatoms. The normalized spacial score (nSPS) is 10.3. The molecule has 2 aromatic carbocycles. The molecule has 1 aromatic heterocycles. The van der Waals surface area contributed by atoms with Crippen molar-refractivity contribution >= 4 is 28.1 Å². The second-order valence-electron chi connectivity index (χ2n) is 4.43. The van der Waals surface area contributed by atoms with Crippen LogP contribution in [0.15, 0.2) is 48.7 Å². The van der Waals surface area contributed by atoms with Crippen molar-refractivity contribution in [2.75, 3.05) is 5.73 Å². The summed E-state index contributed by atoms with van der Waals surface area (Å²) in [5.41, 5.74) is 6.32. The van der Waals surface area contributed by atoms with Crippen LogP contribution in [0.5, 0.6) is 11.6 Å². The summed E-state index contributed by atoms with van der Waals surface area (Å²) in [6.07, 6.45) is 1.45. The lowest BCUT2D eigenvalue weighted by Crippen LogP contribution is -1.95. The fraction of sp³-hybridized carbons (Fsp3) is 0. The van der Waals surface area contributed by atoms with E-state index in [2.05, 4.69) is 4.98 Å². The number of benzene rings is 2. The smallest absolute Gasteiger partial charge is 0.237 e. The van der Waals surface area contributed by atoms with Crippen molar-refractivity contribution < 1.29 is 4.74 Å². The van der Waals surface area contributed by atoms with Gasteiger partial charge in [0.1, 0.15) is 17.4 Å². The van der Waals surface area contributed by atoms with Crippen LogP contribution in [0.25, 0.3) is 10.8 Å². The summed E-state index contributed by atoms with van der Waals surface area (Å²) in [6, 6.07) is 14.7. The Morgan fingerprint density at radius 1 is 1.14 bits per heavy atom. The van der Waals surface area contributed by atoms with E-state index in [-0.39, 0.29) is 11.4 Å². The number of anilines is 1. The number of nitrogens with zero attached hydrogens (tertiary/aromatic N) is 2. The molecule has 1 heterocycles. The molecular weight excluding hydrogens is 286 g/mol. The number of hydrogen-bond acceptors (Lipinski definition) is 4. The average molecular weight is 296 g/mol. The van der Waals surface area contributed by atoms with Gasteiger partial charge in [-0.05, 0) is 18.2 Å². The Labute approximate surface area is 126 Å². The molecule has 0 aliphatic heterocycles. The van der Waals surface area contributed by atoms with Gasteiger partial charge >= 0.3 is 0 Å². The zero-order chi connectivity index (χ0) is 14.8. The Kier molecular flexibility index (Phi) is 3.35. The van der Waals surface area contributed by atoms with Crippen molar-refractivity contribution in [1.82, 2.24) is 4.98 Å². The molecule has 0 atom stereocenters. The topological polar surface area (TPSA) is 71.9 Å². The van der Waals surface area contributed by atoms with E-state index < -0.39 is 0 Å². The van der Waals surface area contributed by atoms with E-state index in [1.165, 1.54) is 12.3 Å². The first-order valence-electron chi connectivity index (χ1n) is 6.20. The first kappa shape index (κ1) is 13.2. The van der Waals surface area contributed by atoms with E-state index >= 15 is 0 Å². The largest absolute Gasteiger partial charge is 0.437 e. The first-order chi connectivity index (χ1) is 10.2. The molecule has 3 aromatic rings. The van der Waals surface area contributed by atoms with Gasteiger partial charge in [0, 0.05) is 15.8 Å². The molecule has 2 N–H and O–H groups in total. The molecule has 0 fully saturated rings. The van der Waals surface area contributed by atoms with Gasteiger partial charge in [0.25, 0.3) is 0 Å². The molecule has 0 saturated heterocycles. The van der Waals surface area contributed by atoms with Crippen LogP contribution < -0.4 is 10.5 Å². The van der Waals surface area contributed by atoms with Crippen molar-refractivity contribution in [1.29, 1.82) is 5.26 Å². The summed E-state index contributed by atoms with van der Waals surface area (Å²) in [6.45, 7) is 0. The zero-order valence-electron chi connectivity index (χ0n) is 10.9. The predicted octanol–water partition coefficient (Wildman–Crippen LogP) is 4.13. The Balaban J connectivity index is 2.11. The van der Waals surface area contributed by atoms with Gasteiger partial charge in [-0.3, -0.25) is 0 Å². The summed E-state index contributed by atoms with van der Waals surface area (Å²) in [5, 5.41) is 11.5. The number of halogens is 1. The molecule has 0 radical (unpaired) electrons. The lowest BCUT2D eigenvalue weighted by atomic mass is 10.1. The van der Waals surface area contributed by atoms with Gasteiger partial charge < -0.3 is 10.5 Å². The molecular formula is C16H10ClN3O. The van der Waals surface area contributed by atoms with Crippen LogP contribution in [0.4, 0.5) is 5.69 Å². The summed E-state index contributed by atoms with van der Waals surface area (Å²) in [4.78, 5) is 4.07. The molecule has 3 rings (SSSR count). The number of aromatic nitrogens is 1. The summed E-state index contributed by atoms with van der Waals surface area (Å²) >= 11 is 6.17. The highest BCUT2D eigenvalue weighted by molar-refractivity contribution is 6.35. The zero-order valence-corrected chi connectivity index (χ0v) is 11.6. The van der Waals surface area contributed by atoms with E-state index in [1.54, 1.807) is 12.1 Å². The molecule has 0 aliphatic rings. The maximum absolute atomic E-state index is 9.13. The highest BCUT2D eigenvalue weighted by Crippen LogP contribution is 2.34. The Hall–Kier alpha value is -2.77. The van der Waals surface area contributed by atoms with Crippen molar-refractivity contribution in [3.05, 3.63) is 59.2 Å². The van der Waals surface area contributed by atoms with Gasteiger partial charge in [-0.25, -0.2) is 4.98 Å². The number of rotatable bonds is 2. The highest BCUT2D eigenvalue weighted by Gasteiger charge is 2.10. The Morgan fingerprint density at radius 3 is 2.67 bits per heavy atom. The Morgan fingerprint density at radius 2 is 1.90 bits per heavy atom. The van der Waals surface area contributed by atoms with Crippen LogP contribution in [0, 0.1) is 11.3 Å². The molecule has 0 aliphatic carbocycles. The van der Waals surface area contributed by atoms with E-state index in [9.17, 15) is 0 Å². The fourth-order valence-electron chi connectivity index (χ4n) is 2.06. The minimum absolute atomic E-state index is 0.221. The second kappa shape index (κ2) is 5.31. The number of fused-ring (bicyclic) bond motifs is 1. The van der Waals surface area contributed by atoms with Gasteiger partial charge in [0.05, 0.1) is 11.9 Å². The lowest BCUT2D eigenvalue weighted by molar-refractivity contribution is 0.467. The number of pyridine rings is 1. The summed E-state index contributed by atoms with van der Waals surface area (Å²) < 4.78 is 5.78. The molecule has 0 saturated carbocycles. The molecule has 4 nitrogen and oxygen atoms in total. The molecule has 0 unspecified atom stereocenters. The SMILES string of the molecule is N#Cc1cc(N)cnc1Oc1ccc(Cl)c2ccccc12. The third-order valence-electron chi connectivity index (χ3n) is 3.03. The van der Waals surface area contributed by atoms with Gasteiger partial charge in [0.15, 0.2) is 0 Å². The van der Waals surface area contributed by atoms with Gasteiger partial charge in [-0.2, -0.15) is 5.26 Å². The standard InChI is InChI=1S/C16H10ClN3O/c17-14-5-6-15(13-4-2-1-3-12(13)14)21-16-10(8-18)7-11(19)9-20-16/h1-7,9H,19H2. The lowest BCUT2D eigenvalue weighted by Gasteiger charge is -2.10. The number of nitrogen functional groups attached to an aromatic ring is 1. The Bertz CT molecular complexity index is 871. The van der Waals surface area contributed by atoms with Crippen LogP contribution in [0.2, 0.25) is 5.02 Å². The summed E-state index contributed by atoms with van der Waals surface area (Å²) in [7, 11) is 0. The highest BCUT2D eigenvalue weighted by atomic mass is 35.5. The molecule has 0 bridgehead atoms. The van der Waals surface area contributed by atoms with E-state index in [0.717, 1.165) is 10.8 Å². The van der Waals surface area contributed by atoms with Crippen molar-refractivity contribution in [3.8, 4) is 17.7 Å². The van der Waals surface area contributed by atoms with Gasteiger partial charge in [-0.15, -0.1) is 0 Å². The van der Waals surface area contributed by atoms with Gasteiger partial charge in [-0.1, -0.05) is 35.9 Å². The van der Waals surface area contributed by atoms with E-state index in [0.29, 0.717) is 16.5 Å². The quantitative estimate of drug-likeness (QED) is 0.771. The number of nitrogens with two attached hydrogens (primary N) is 1. The average Bonchev–Trinajstić information content (AvgIpc) is 2.52.